The molecule has 1 aliphatic carbocycles. The van der Waals surface area contributed by atoms with Crippen molar-refractivity contribution in [2.45, 2.75) is 84.9 Å². The van der Waals surface area contributed by atoms with E-state index < -0.39 is 5.60 Å². The molecule has 0 unspecified atom stereocenters. The number of aliphatic hydroxyl groups excluding tert-OH is 1. The van der Waals surface area contributed by atoms with Crippen molar-refractivity contribution in [3.05, 3.63) is 23.7 Å². The van der Waals surface area contributed by atoms with Gasteiger partial charge in [0.2, 0.25) is 5.95 Å². The standard InChI is InChI=1S/C26H38N6O2S/c1-14(2)11-19(13-33)30-25-28-15(3)21(24-31-22-16(4)27-10-9-20(22)35-24)23(32-25)29-18-8-7-17(12-18)26(5,6)34/h9-10,14,17-19,33-34H,7-8,11-13H2,1-6H3,(H2,28,29,30,32)/t17-,18+,19+/m0/s1. The smallest absolute Gasteiger partial charge is 0.225 e. The van der Waals surface area contributed by atoms with Crippen LogP contribution < -0.4 is 10.6 Å². The zero-order valence-corrected chi connectivity index (χ0v) is 22.4. The van der Waals surface area contributed by atoms with E-state index >= 15 is 0 Å². The number of fused-ring (bicyclic) bond motifs is 1. The van der Waals surface area contributed by atoms with E-state index in [9.17, 15) is 10.2 Å². The average molecular weight is 499 g/mol. The largest absolute Gasteiger partial charge is 0.394 e. The first-order chi connectivity index (χ1) is 16.5. The third-order valence-electron chi connectivity index (χ3n) is 6.88. The monoisotopic (exact) mass is 498 g/mol. The first-order valence-electron chi connectivity index (χ1n) is 12.5. The van der Waals surface area contributed by atoms with Crippen LogP contribution in [-0.2, 0) is 0 Å². The summed E-state index contributed by atoms with van der Waals surface area (Å²) in [5, 5.41) is 28.3. The topological polar surface area (TPSA) is 116 Å². The van der Waals surface area contributed by atoms with Crippen LogP contribution in [-0.4, -0.2) is 54.4 Å². The highest BCUT2D eigenvalue weighted by atomic mass is 32.1. The number of hydrogen-bond acceptors (Lipinski definition) is 9. The Labute approximate surface area is 211 Å². The Balaban J connectivity index is 1.72. The van der Waals surface area contributed by atoms with Gasteiger partial charge in [-0.1, -0.05) is 13.8 Å². The summed E-state index contributed by atoms with van der Waals surface area (Å²) >= 11 is 1.62. The fraction of sp³-hybridized carbons (Fsp3) is 0.615. The van der Waals surface area contributed by atoms with Crippen molar-refractivity contribution in [1.82, 2.24) is 19.9 Å². The molecule has 3 aromatic rings. The minimum Gasteiger partial charge on any atom is -0.394 e. The molecule has 0 bridgehead atoms. The summed E-state index contributed by atoms with van der Waals surface area (Å²) in [6.07, 6.45) is 5.45. The van der Waals surface area contributed by atoms with Gasteiger partial charge in [-0.25, -0.2) is 9.97 Å². The van der Waals surface area contributed by atoms with E-state index in [1.54, 1.807) is 11.3 Å². The molecular weight excluding hydrogens is 460 g/mol. The molecule has 0 aromatic carbocycles. The van der Waals surface area contributed by atoms with E-state index in [1.165, 1.54) is 0 Å². The number of nitrogens with zero attached hydrogens (tertiary/aromatic N) is 4. The summed E-state index contributed by atoms with van der Waals surface area (Å²) in [7, 11) is 0. The summed E-state index contributed by atoms with van der Waals surface area (Å²) in [5.74, 6) is 1.93. The van der Waals surface area contributed by atoms with Crippen molar-refractivity contribution in [1.29, 1.82) is 0 Å². The van der Waals surface area contributed by atoms with Crippen LogP contribution in [0, 0.1) is 25.7 Å². The maximum Gasteiger partial charge on any atom is 0.225 e. The Morgan fingerprint density at radius 1 is 1.14 bits per heavy atom. The molecule has 35 heavy (non-hydrogen) atoms. The number of aryl methyl sites for hydroxylation is 2. The second-order valence-electron chi connectivity index (χ2n) is 10.8. The van der Waals surface area contributed by atoms with Crippen LogP contribution >= 0.6 is 11.3 Å². The van der Waals surface area contributed by atoms with Gasteiger partial charge in [0.05, 0.1) is 39.9 Å². The number of anilines is 2. The zero-order valence-electron chi connectivity index (χ0n) is 21.6. The third kappa shape index (κ3) is 5.90. The van der Waals surface area contributed by atoms with Gasteiger partial charge in [-0.2, -0.15) is 4.98 Å². The van der Waals surface area contributed by atoms with Crippen LogP contribution in [0.4, 0.5) is 11.8 Å². The number of thiazole rings is 1. The summed E-state index contributed by atoms with van der Waals surface area (Å²) < 4.78 is 1.08. The highest BCUT2D eigenvalue weighted by Gasteiger charge is 2.35. The molecule has 3 heterocycles. The van der Waals surface area contributed by atoms with E-state index in [-0.39, 0.29) is 24.6 Å². The second-order valence-corrected chi connectivity index (χ2v) is 11.8. The first-order valence-corrected chi connectivity index (χ1v) is 13.3. The van der Waals surface area contributed by atoms with Gasteiger partial charge in [-0.15, -0.1) is 11.3 Å². The molecule has 0 saturated heterocycles. The number of aliphatic hydroxyl groups is 2. The molecule has 9 heteroatoms. The summed E-state index contributed by atoms with van der Waals surface area (Å²) in [4.78, 5) is 19.0. The van der Waals surface area contributed by atoms with Crippen LogP contribution in [0.25, 0.3) is 20.8 Å². The molecule has 0 aliphatic heterocycles. The Morgan fingerprint density at radius 2 is 1.91 bits per heavy atom. The van der Waals surface area contributed by atoms with Gasteiger partial charge >= 0.3 is 0 Å². The summed E-state index contributed by atoms with van der Waals surface area (Å²) in [6, 6.07) is 2.08. The minimum atomic E-state index is -0.698. The molecule has 1 aliphatic rings. The summed E-state index contributed by atoms with van der Waals surface area (Å²) in [5.41, 5.74) is 2.83. The minimum absolute atomic E-state index is 0.0190. The molecule has 1 saturated carbocycles. The highest BCUT2D eigenvalue weighted by molar-refractivity contribution is 7.21. The van der Waals surface area contributed by atoms with Crippen LogP contribution in [0.15, 0.2) is 12.3 Å². The molecule has 0 radical (unpaired) electrons. The highest BCUT2D eigenvalue weighted by Crippen LogP contribution is 2.40. The molecular formula is C26H38N6O2S. The predicted molar refractivity (Wildman–Crippen MR) is 143 cm³/mol. The Morgan fingerprint density at radius 3 is 2.54 bits per heavy atom. The van der Waals surface area contributed by atoms with Crippen LogP contribution in [0.5, 0.6) is 0 Å². The van der Waals surface area contributed by atoms with E-state index in [0.717, 1.165) is 63.7 Å². The van der Waals surface area contributed by atoms with Crippen molar-refractivity contribution in [3.63, 3.8) is 0 Å². The summed E-state index contributed by atoms with van der Waals surface area (Å²) in [6.45, 7) is 12.0. The van der Waals surface area contributed by atoms with E-state index in [2.05, 4.69) is 29.5 Å². The molecule has 8 nitrogen and oxygen atoms in total. The van der Waals surface area contributed by atoms with E-state index in [4.69, 9.17) is 15.0 Å². The quantitative estimate of drug-likeness (QED) is 0.328. The van der Waals surface area contributed by atoms with Crippen molar-refractivity contribution in [2.75, 3.05) is 17.2 Å². The third-order valence-corrected chi connectivity index (χ3v) is 7.91. The zero-order chi connectivity index (χ0) is 25.3. The molecule has 0 amide bonds. The maximum atomic E-state index is 10.5. The Bertz CT molecular complexity index is 1170. The molecule has 3 atom stereocenters. The average Bonchev–Trinajstić information content (AvgIpc) is 3.40. The molecule has 190 valence electrons. The van der Waals surface area contributed by atoms with Crippen LogP contribution in [0.2, 0.25) is 0 Å². The Hall–Kier alpha value is -2.36. The van der Waals surface area contributed by atoms with Gasteiger partial charge < -0.3 is 20.8 Å². The number of aromatic nitrogens is 4. The number of pyridine rings is 1. The van der Waals surface area contributed by atoms with Crippen molar-refractivity contribution < 1.29 is 10.2 Å². The number of rotatable bonds is 9. The van der Waals surface area contributed by atoms with Crippen molar-refractivity contribution in [3.8, 4) is 10.6 Å². The maximum absolute atomic E-state index is 10.5. The lowest BCUT2D eigenvalue weighted by atomic mass is 9.89. The van der Waals surface area contributed by atoms with E-state index in [0.29, 0.717) is 11.9 Å². The van der Waals surface area contributed by atoms with Crippen LogP contribution in [0.1, 0.15) is 64.8 Å². The SMILES string of the molecule is Cc1nc(N[C@@H](CO)CC(C)C)nc(N[C@@H]2CC[C@H](C(C)(C)O)C2)c1-c1nc2c(C)nccc2s1. The lowest BCUT2D eigenvalue weighted by Gasteiger charge is -2.26. The van der Waals surface area contributed by atoms with Crippen molar-refractivity contribution in [2.24, 2.45) is 11.8 Å². The van der Waals surface area contributed by atoms with Crippen LogP contribution in [0.3, 0.4) is 0 Å². The van der Waals surface area contributed by atoms with Gasteiger partial charge in [0.1, 0.15) is 16.3 Å². The fourth-order valence-electron chi connectivity index (χ4n) is 4.97. The molecule has 3 aromatic heterocycles. The molecule has 0 spiro atoms. The van der Waals surface area contributed by atoms with E-state index in [1.807, 2.05) is 40.0 Å². The van der Waals surface area contributed by atoms with Gasteiger partial charge in [0.25, 0.3) is 0 Å². The lowest BCUT2D eigenvalue weighted by Crippen LogP contribution is -2.30. The lowest BCUT2D eigenvalue weighted by molar-refractivity contribution is 0.0197. The second kappa shape index (κ2) is 10.3. The molecule has 4 rings (SSSR count). The molecule has 4 N–H and O–H groups in total. The first kappa shape index (κ1) is 25.7. The predicted octanol–water partition coefficient (Wildman–Crippen LogP) is 4.94. The normalized spacial score (nSPS) is 19.5. The van der Waals surface area contributed by atoms with Gasteiger partial charge in [0, 0.05) is 12.2 Å². The van der Waals surface area contributed by atoms with Gasteiger partial charge in [-0.05, 0) is 71.3 Å². The fourth-order valence-corrected chi connectivity index (χ4v) is 6.08. The van der Waals surface area contributed by atoms with Gasteiger partial charge in [0.15, 0.2) is 0 Å². The number of nitrogens with one attached hydrogen (secondary N) is 2. The van der Waals surface area contributed by atoms with Gasteiger partial charge in [-0.3, -0.25) is 4.98 Å². The molecule has 1 fully saturated rings. The van der Waals surface area contributed by atoms with Crippen molar-refractivity contribution >= 4 is 33.3 Å². The Kier molecular flexibility index (Phi) is 7.59. The number of hydrogen-bond donors (Lipinski definition) is 4.